The molecule has 0 bridgehead atoms. The SMILES string of the molecule is C[C@@H](NC(=O)CN[C@@H]1CCc2ncnn2C1)c1cc2ccccc2o1. The summed E-state index contributed by atoms with van der Waals surface area (Å²) in [4.78, 5) is 16.4. The third-order valence-electron chi connectivity index (χ3n) is 4.61. The lowest BCUT2D eigenvalue weighted by molar-refractivity contribution is -0.121. The van der Waals surface area contributed by atoms with Crippen molar-refractivity contribution in [1.82, 2.24) is 25.4 Å². The Morgan fingerprint density at radius 1 is 1.44 bits per heavy atom. The molecule has 0 radical (unpaired) electrons. The Labute approximate surface area is 145 Å². The summed E-state index contributed by atoms with van der Waals surface area (Å²) in [6.07, 6.45) is 3.43. The zero-order valence-corrected chi connectivity index (χ0v) is 14.1. The molecule has 7 nitrogen and oxygen atoms in total. The van der Waals surface area contributed by atoms with Crippen LogP contribution in [0.3, 0.4) is 0 Å². The van der Waals surface area contributed by atoms with Crippen LogP contribution in [0, 0.1) is 0 Å². The number of hydrogen-bond donors (Lipinski definition) is 2. The van der Waals surface area contributed by atoms with Gasteiger partial charge in [-0.1, -0.05) is 18.2 Å². The molecule has 0 spiro atoms. The Kier molecular flexibility index (Phi) is 4.23. The first-order valence-electron chi connectivity index (χ1n) is 8.57. The lowest BCUT2D eigenvalue weighted by atomic mass is 10.1. The maximum absolute atomic E-state index is 12.2. The predicted molar refractivity (Wildman–Crippen MR) is 92.9 cm³/mol. The summed E-state index contributed by atoms with van der Waals surface area (Å²) in [5.41, 5.74) is 0.836. The molecular formula is C18H21N5O2. The largest absolute Gasteiger partial charge is 0.459 e. The average molecular weight is 339 g/mol. The van der Waals surface area contributed by atoms with Gasteiger partial charge in [0.1, 0.15) is 23.5 Å². The van der Waals surface area contributed by atoms with Crippen LogP contribution >= 0.6 is 0 Å². The highest BCUT2D eigenvalue weighted by atomic mass is 16.3. The number of carbonyl (C=O) groups excluding carboxylic acids is 1. The third-order valence-corrected chi connectivity index (χ3v) is 4.61. The predicted octanol–water partition coefficient (Wildman–Crippen LogP) is 1.81. The van der Waals surface area contributed by atoms with Crippen molar-refractivity contribution in [2.24, 2.45) is 0 Å². The summed E-state index contributed by atoms with van der Waals surface area (Å²) in [6, 6.07) is 9.88. The number of amides is 1. The lowest BCUT2D eigenvalue weighted by Crippen LogP contribution is -2.43. The number of para-hydroxylation sites is 1. The summed E-state index contributed by atoms with van der Waals surface area (Å²) in [5, 5.41) is 11.5. The fourth-order valence-electron chi connectivity index (χ4n) is 3.22. The molecular weight excluding hydrogens is 318 g/mol. The van der Waals surface area contributed by atoms with Crippen LogP contribution in [-0.2, 0) is 17.8 Å². The number of nitrogens with zero attached hydrogens (tertiary/aromatic N) is 3. The van der Waals surface area contributed by atoms with E-state index in [-0.39, 0.29) is 24.5 Å². The Bertz CT molecular complexity index is 851. The fraction of sp³-hybridized carbons (Fsp3) is 0.389. The maximum Gasteiger partial charge on any atom is 0.234 e. The van der Waals surface area contributed by atoms with Crippen molar-refractivity contribution in [3.05, 3.63) is 48.2 Å². The van der Waals surface area contributed by atoms with E-state index in [1.165, 1.54) is 0 Å². The highest BCUT2D eigenvalue weighted by molar-refractivity contribution is 5.80. The van der Waals surface area contributed by atoms with Crippen LogP contribution < -0.4 is 10.6 Å². The van der Waals surface area contributed by atoms with Crippen LogP contribution in [0.5, 0.6) is 0 Å². The second-order valence-corrected chi connectivity index (χ2v) is 6.45. The second kappa shape index (κ2) is 6.68. The molecule has 2 N–H and O–H groups in total. The quantitative estimate of drug-likeness (QED) is 0.740. The van der Waals surface area contributed by atoms with Crippen LogP contribution in [-0.4, -0.2) is 33.3 Å². The van der Waals surface area contributed by atoms with E-state index in [2.05, 4.69) is 20.7 Å². The summed E-state index contributed by atoms with van der Waals surface area (Å²) in [7, 11) is 0. The smallest absolute Gasteiger partial charge is 0.234 e. The first-order valence-corrected chi connectivity index (χ1v) is 8.57. The van der Waals surface area contributed by atoms with Gasteiger partial charge in [-0.15, -0.1) is 0 Å². The number of hydrogen-bond acceptors (Lipinski definition) is 5. The molecule has 3 heterocycles. The van der Waals surface area contributed by atoms with Crippen LogP contribution in [0.1, 0.15) is 31.0 Å². The molecule has 0 aliphatic carbocycles. The molecule has 0 saturated heterocycles. The standard InChI is InChI=1S/C18H21N5O2/c1-12(16-8-13-4-2-3-5-15(13)25-16)22-18(24)9-19-14-6-7-17-20-11-21-23(17)10-14/h2-5,8,11-12,14,19H,6-7,9-10H2,1H3,(H,22,24)/t12-,14-/m1/s1. The van der Waals surface area contributed by atoms with Crippen molar-refractivity contribution in [2.45, 2.75) is 38.4 Å². The molecule has 25 heavy (non-hydrogen) atoms. The van der Waals surface area contributed by atoms with Gasteiger partial charge in [0.25, 0.3) is 0 Å². The Hall–Kier alpha value is -2.67. The number of benzene rings is 1. The molecule has 0 saturated carbocycles. The van der Waals surface area contributed by atoms with E-state index in [0.29, 0.717) is 0 Å². The molecule has 2 atom stereocenters. The van der Waals surface area contributed by atoms with Crippen LogP contribution in [0.15, 0.2) is 41.1 Å². The van der Waals surface area contributed by atoms with Gasteiger partial charge in [0, 0.05) is 17.8 Å². The monoisotopic (exact) mass is 339 g/mol. The molecule has 1 aromatic carbocycles. The molecule has 1 aliphatic rings. The summed E-state index contributed by atoms with van der Waals surface area (Å²) in [6.45, 7) is 2.96. The Morgan fingerprint density at radius 3 is 3.20 bits per heavy atom. The summed E-state index contributed by atoms with van der Waals surface area (Å²) in [5.74, 6) is 1.73. The number of aryl methyl sites for hydroxylation is 1. The molecule has 1 aliphatic heterocycles. The maximum atomic E-state index is 12.2. The van der Waals surface area contributed by atoms with Crippen molar-refractivity contribution in [2.75, 3.05) is 6.54 Å². The molecule has 2 aromatic heterocycles. The number of nitrogens with one attached hydrogen (secondary N) is 2. The first-order chi connectivity index (χ1) is 12.2. The van der Waals surface area contributed by atoms with Crippen molar-refractivity contribution in [3.8, 4) is 0 Å². The number of aromatic nitrogens is 3. The Morgan fingerprint density at radius 2 is 2.32 bits per heavy atom. The number of furan rings is 1. The van der Waals surface area contributed by atoms with Gasteiger partial charge >= 0.3 is 0 Å². The van der Waals surface area contributed by atoms with Gasteiger partial charge in [0.15, 0.2) is 0 Å². The number of carbonyl (C=O) groups is 1. The van der Waals surface area contributed by atoms with Gasteiger partial charge in [0.05, 0.1) is 19.1 Å². The van der Waals surface area contributed by atoms with Gasteiger partial charge in [0.2, 0.25) is 5.91 Å². The van der Waals surface area contributed by atoms with Gasteiger partial charge < -0.3 is 15.1 Å². The van der Waals surface area contributed by atoms with E-state index in [0.717, 1.165) is 41.9 Å². The van der Waals surface area contributed by atoms with Crippen molar-refractivity contribution in [1.29, 1.82) is 0 Å². The van der Waals surface area contributed by atoms with Crippen molar-refractivity contribution in [3.63, 3.8) is 0 Å². The van der Waals surface area contributed by atoms with Crippen molar-refractivity contribution < 1.29 is 9.21 Å². The topological polar surface area (TPSA) is 85.0 Å². The highest BCUT2D eigenvalue weighted by Crippen LogP contribution is 2.23. The third kappa shape index (κ3) is 3.41. The van der Waals surface area contributed by atoms with Gasteiger partial charge in [-0.2, -0.15) is 5.10 Å². The zero-order chi connectivity index (χ0) is 17.2. The molecule has 0 fully saturated rings. The van der Waals surface area contributed by atoms with Crippen LogP contribution in [0.4, 0.5) is 0 Å². The fourth-order valence-corrected chi connectivity index (χ4v) is 3.22. The molecule has 3 aromatic rings. The minimum absolute atomic E-state index is 0.0441. The highest BCUT2D eigenvalue weighted by Gasteiger charge is 2.20. The van der Waals surface area contributed by atoms with E-state index in [1.807, 2.05) is 41.9 Å². The van der Waals surface area contributed by atoms with E-state index in [1.54, 1.807) is 6.33 Å². The van der Waals surface area contributed by atoms with Gasteiger partial charge in [-0.3, -0.25) is 4.79 Å². The molecule has 0 unspecified atom stereocenters. The lowest BCUT2D eigenvalue weighted by Gasteiger charge is -2.23. The van der Waals surface area contributed by atoms with Crippen molar-refractivity contribution >= 4 is 16.9 Å². The molecule has 130 valence electrons. The van der Waals surface area contributed by atoms with Crippen LogP contribution in [0.2, 0.25) is 0 Å². The second-order valence-electron chi connectivity index (χ2n) is 6.45. The number of rotatable bonds is 5. The summed E-state index contributed by atoms with van der Waals surface area (Å²) >= 11 is 0. The molecule has 1 amide bonds. The van der Waals surface area contributed by atoms with Gasteiger partial charge in [-0.05, 0) is 25.5 Å². The molecule has 7 heteroatoms. The van der Waals surface area contributed by atoms with E-state index in [9.17, 15) is 4.79 Å². The minimum atomic E-state index is -0.171. The molecule has 4 rings (SSSR count). The first kappa shape index (κ1) is 15.8. The Balaban J connectivity index is 1.30. The number of fused-ring (bicyclic) bond motifs is 2. The average Bonchev–Trinajstić information content (AvgIpc) is 3.25. The normalized spacial score (nSPS) is 18.0. The zero-order valence-electron chi connectivity index (χ0n) is 14.1. The van der Waals surface area contributed by atoms with Crippen LogP contribution in [0.25, 0.3) is 11.0 Å². The van der Waals surface area contributed by atoms with E-state index < -0.39 is 0 Å². The summed E-state index contributed by atoms with van der Waals surface area (Å²) < 4.78 is 7.70. The van der Waals surface area contributed by atoms with E-state index in [4.69, 9.17) is 4.42 Å². The van der Waals surface area contributed by atoms with E-state index >= 15 is 0 Å². The van der Waals surface area contributed by atoms with Gasteiger partial charge in [-0.25, -0.2) is 9.67 Å². The minimum Gasteiger partial charge on any atom is -0.459 e.